The number of imidazole rings is 1. The van der Waals surface area contributed by atoms with Gasteiger partial charge in [-0.2, -0.15) is 4.31 Å². The average molecular weight is 591 g/mol. The van der Waals surface area contributed by atoms with Gasteiger partial charge in [0.2, 0.25) is 10.0 Å². The van der Waals surface area contributed by atoms with Crippen LogP contribution in [0.15, 0.2) is 27.9 Å². The van der Waals surface area contributed by atoms with E-state index < -0.39 is 16.1 Å². The Bertz CT molecular complexity index is 1470. The highest BCUT2D eigenvalue weighted by Crippen LogP contribution is 2.32. The Labute approximate surface area is 243 Å². The van der Waals surface area contributed by atoms with Gasteiger partial charge in [0.15, 0.2) is 11.3 Å². The number of benzene rings is 1. The molecule has 12 heteroatoms. The number of aliphatic hydroxyl groups is 1. The summed E-state index contributed by atoms with van der Waals surface area (Å²) in [7, 11) is 1.09. The standard InChI is InChI=1S/C29H46N6O5S/c1-8-11-12-13-14-21(9-2)28-30-20(4)26-29(37)31-27(32-35(26)28)24-17-23(15-16-25(24)40-10-3)41(38,39)34(7)19-22(36)18-33(5)6/h15-17,21-22,36H,8-14,18-19H2,1-7H3,(H,31,32,37). The summed E-state index contributed by atoms with van der Waals surface area (Å²) in [4.78, 5) is 22.7. The van der Waals surface area contributed by atoms with Crippen LogP contribution in [0.3, 0.4) is 0 Å². The maximum atomic E-state index is 13.5. The van der Waals surface area contributed by atoms with Crippen LogP contribution in [0.2, 0.25) is 0 Å². The molecule has 0 saturated carbocycles. The summed E-state index contributed by atoms with van der Waals surface area (Å²) >= 11 is 0. The third-order valence-corrected chi connectivity index (χ3v) is 9.04. The molecule has 2 N–H and O–H groups in total. The van der Waals surface area contributed by atoms with Crippen molar-refractivity contribution >= 4 is 15.5 Å². The van der Waals surface area contributed by atoms with E-state index in [1.54, 1.807) is 22.4 Å². The number of nitrogens with one attached hydrogen (secondary N) is 1. The first-order valence-electron chi connectivity index (χ1n) is 14.5. The molecule has 2 atom stereocenters. The molecule has 0 radical (unpaired) electrons. The van der Waals surface area contributed by atoms with E-state index in [1.165, 1.54) is 25.6 Å². The van der Waals surface area contributed by atoms with Crippen LogP contribution in [-0.4, -0.2) is 89.3 Å². The van der Waals surface area contributed by atoms with Gasteiger partial charge in [-0.1, -0.05) is 39.5 Å². The molecule has 0 bridgehead atoms. The second-order valence-electron chi connectivity index (χ2n) is 10.9. The predicted molar refractivity (Wildman–Crippen MR) is 161 cm³/mol. The van der Waals surface area contributed by atoms with Gasteiger partial charge in [0, 0.05) is 26.1 Å². The lowest BCUT2D eigenvalue weighted by atomic mass is 9.97. The lowest BCUT2D eigenvalue weighted by Crippen LogP contribution is -2.39. The molecule has 0 saturated heterocycles. The van der Waals surface area contributed by atoms with Crippen LogP contribution in [0.4, 0.5) is 0 Å². The Morgan fingerprint density at radius 2 is 1.83 bits per heavy atom. The van der Waals surface area contributed by atoms with Crippen LogP contribution in [0, 0.1) is 6.92 Å². The number of hydrogen-bond donors (Lipinski definition) is 2. The summed E-state index contributed by atoms with van der Waals surface area (Å²) < 4.78 is 35.5. The van der Waals surface area contributed by atoms with Crippen LogP contribution in [0.1, 0.15) is 76.7 Å². The molecule has 11 nitrogen and oxygen atoms in total. The maximum absolute atomic E-state index is 13.5. The minimum atomic E-state index is -3.96. The highest BCUT2D eigenvalue weighted by molar-refractivity contribution is 7.89. The van der Waals surface area contributed by atoms with Crippen LogP contribution in [0.25, 0.3) is 16.9 Å². The maximum Gasteiger partial charge on any atom is 0.277 e. The number of likely N-dealkylation sites (N-methyl/N-ethyl adjacent to an activating group) is 2. The van der Waals surface area contributed by atoms with E-state index in [9.17, 15) is 18.3 Å². The number of aromatic amines is 1. The third kappa shape index (κ3) is 7.73. The van der Waals surface area contributed by atoms with Crippen molar-refractivity contribution in [1.82, 2.24) is 28.8 Å². The number of sulfonamides is 1. The van der Waals surface area contributed by atoms with Crippen molar-refractivity contribution in [2.24, 2.45) is 0 Å². The highest BCUT2D eigenvalue weighted by Gasteiger charge is 2.26. The Hall–Kier alpha value is -2.80. The zero-order chi connectivity index (χ0) is 30.3. The number of ether oxygens (including phenoxy) is 1. The first-order valence-corrected chi connectivity index (χ1v) is 15.9. The van der Waals surface area contributed by atoms with Crippen molar-refractivity contribution in [3.05, 3.63) is 40.1 Å². The Balaban J connectivity index is 2.10. The molecular weight excluding hydrogens is 544 g/mol. The molecule has 0 fully saturated rings. The van der Waals surface area contributed by atoms with E-state index in [2.05, 4.69) is 18.8 Å². The Morgan fingerprint density at radius 3 is 2.46 bits per heavy atom. The summed E-state index contributed by atoms with van der Waals surface area (Å²) in [6.07, 6.45) is 5.51. The number of H-pyrrole nitrogens is 1. The van der Waals surface area contributed by atoms with Gasteiger partial charge in [0.1, 0.15) is 11.6 Å². The average Bonchev–Trinajstić information content (AvgIpc) is 3.24. The van der Waals surface area contributed by atoms with Gasteiger partial charge in [-0.3, -0.25) is 4.79 Å². The van der Waals surface area contributed by atoms with Gasteiger partial charge in [-0.25, -0.2) is 17.9 Å². The normalized spacial score (nSPS) is 13.8. The van der Waals surface area contributed by atoms with E-state index in [-0.39, 0.29) is 28.7 Å². The number of nitrogens with zero attached hydrogens (tertiary/aromatic N) is 5. The van der Waals surface area contributed by atoms with Crippen LogP contribution in [0.5, 0.6) is 5.75 Å². The Morgan fingerprint density at radius 1 is 1.10 bits per heavy atom. The quantitative estimate of drug-likeness (QED) is 0.241. The fraction of sp³-hybridized carbons (Fsp3) is 0.621. The summed E-state index contributed by atoms with van der Waals surface area (Å²) in [5, 5.41) is 15.1. The summed E-state index contributed by atoms with van der Waals surface area (Å²) in [6, 6.07) is 4.50. The first-order chi connectivity index (χ1) is 19.4. The molecule has 0 aliphatic rings. The minimum absolute atomic E-state index is 0.00245. The number of rotatable bonds is 16. The first kappa shape index (κ1) is 32.7. The molecule has 2 heterocycles. The van der Waals surface area contributed by atoms with Gasteiger partial charge in [0.25, 0.3) is 5.56 Å². The van der Waals surface area contributed by atoms with E-state index in [0.717, 1.165) is 42.2 Å². The number of hydrogen-bond acceptors (Lipinski definition) is 8. The highest BCUT2D eigenvalue weighted by atomic mass is 32.2. The Kier molecular flexibility index (Phi) is 11.5. The number of aromatic nitrogens is 4. The number of aryl methyl sites for hydroxylation is 1. The second kappa shape index (κ2) is 14.4. The molecular formula is C29H46N6O5S. The fourth-order valence-corrected chi connectivity index (χ4v) is 6.34. The van der Waals surface area contributed by atoms with Gasteiger partial charge in [-0.15, -0.1) is 5.10 Å². The molecule has 3 aromatic rings. The van der Waals surface area contributed by atoms with E-state index in [0.29, 0.717) is 35.7 Å². The van der Waals surface area contributed by atoms with E-state index in [4.69, 9.17) is 14.8 Å². The topological polar surface area (TPSA) is 133 Å². The van der Waals surface area contributed by atoms with Crippen LogP contribution in [-0.2, 0) is 10.0 Å². The molecule has 2 unspecified atom stereocenters. The van der Waals surface area contributed by atoms with Crippen molar-refractivity contribution in [3.63, 3.8) is 0 Å². The summed E-state index contributed by atoms with van der Waals surface area (Å²) in [5.74, 6) is 1.46. The van der Waals surface area contributed by atoms with Gasteiger partial charge >= 0.3 is 0 Å². The van der Waals surface area contributed by atoms with Crippen LogP contribution >= 0.6 is 0 Å². The second-order valence-corrected chi connectivity index (χ2v) is 12.9. The predicted octanol–water partition coefficient (Wildman–Crippen LogP) is 3.80. The number of fused-ring (bicyclic) bond motifs is 1. The number of unbranched alkanes of at least 4 members (excludes halogenated alkanes) is 3. The fourth-order valence-electron chi connectivity index (χ4n) is 5.10. The summed E-state index contributed by atoms with van der Waals surface area (Å²) in [5.41, 5.74) is 0.980. The lowest BCUT2D eigenvalue weighted by molar-refractivity contribution is 0.120. The van der Waals surface area contributed by atoms with Gasteiger partial charge in [-0.05, 0) is 59.0 Å². The molecule has 41 heavy (non-hydrogen) atoms. The van der Waals surface area contributed by atoms with Crippen molar-refractivity contribution < 1.29 is 18.3 Å². The van der Waals surface area contributed by atoms with E-state index in [1.807, 2.05) is 21.0 Å². The molecule has 228 valence electrons. The molecule has 3 rings (SSSR count). The molecule has 0 aliphatic carbocycles. The van der Waals surface area contributed by atoms with Crippen LogP contribution < -0.4 is 10.3 Å². The van der Waals surface area contributed by atoms with Gasteiger partial charge in [0.05, 0.1) is 28.9 Å². The van der Waals surface area contributed by atoms with Crippen molar-refractivity contribution in [1.29, 1.82) is 0 Å². The largest absolute Gasteiger partial charge is 0.493 e. The smallest absolute Gasteiger partial charge is 0.277 e. The van der Waals surface area contributed by atoms with Crippen molar-refractivity contribution in [2.45, 2.75) is 83.1 Å². The third-order valence-electron chi connectivity index (χ3n) is 7.22. The lowest BCUT2D eigenvalue weighted by Gasteiger charge is -2.23. The minimum Gasteiger partial charge on any atom is -0.493 e. The molecule has 0 spiro atoms. The summed E-state index contributed by atoms with van der Waals surface area (Å²) in [6.45, 7) is 8.52. The van der Waals surface area contributed by atoms with Crippen molar-refractivity contribution in [2.75, 3.05) is 40.8 Å². The van der Waals surface area contributed by atoms with E-state index >= 15 is 0 Å². The number of aliphatic hydroxyl groups excluding tert-OH is 1. The zero-order valence-electron chi connectivity index (χ0n) is 25.5. The van der Waals surface area contributed by atoms with Gasteiger partial charge < -0.3 is 19.7 Å². The molecule has 0 aliphatic heterocycles. The SMILES string of the molecule is CCCCCCC(CC)c1nc(C)c2c(=O)[nH]c(-c3cc(S(=O)(=O)N(C)CC(O)CN(C)C)ccc3OCC)nn12. The van der Waals surface area contributed by atoms with Crippen molar-refractivity contribution in [3.8, 4) is 17.1 Å². The monoisotopic (exact) mass is 590 g/mol. The molecule has 0 amide bonds. The molecule has 1 aromatic carbocycles. The molecule has 2 aromatic heterocycles. The zero-order valence-corrected chi connectivity index (χ0v) is 26.3.